The van der Waals surface area contributed by atoms with Gasteiger partial charge < -0.3 is 15.6 Å². The minimum Gasteiger partial charge on any atom is -0.354 e. The lowest BCUT2D eigenvalue weighted by molar-refractivity contribution is 0.0959. The van der Waals surface area contributed by atoms with Crippen molar-refractivity contribution >= 4 is 16.8 Å². The molecule has 0 unspecified atom stereocenters. The molecule has 0 aliphatic carbocycles. The zero-order valence-corrected chi connectivity index (χ0v) is 11.1. The van der Waals surface area contributed by atoms with Crippen molar-refractivity contribution in [2.24, 2.45) is 0 Å². The van der Waals surface area contributed by atoms with Gasteiger partial charge in [0, 0.05) is 18.0 Å². The quantitative estimate of drug-likeness (QED) is 0.770. The van der Waals surface area contributed by atoms with E-state index in [1.807, 2.05) is 12.1 Å². The summed E-state index contributed by atoms with van der Waals surface area (Å²) in [7, 11) is 1.65. The molecular formula is C15H19N3O. The van der Waals surface area contributed by atoms with Crippen LogP contribution in [0.25, 0.3) is 10.9 Å². The SMILES string of the molecule is CNC(=O)c1cc2c(C3CCNCC3)cccc2[nH]1. The highest BCUT2D eigenvalue weighted by atomic mass is 16.1. The predicted molar refractivity (Wildman–Crippen MR) is 76.5 cm³/mol. The van der Waals surface area contributed by atoms with E-state index in [9.17, 15) is 4.79 Å². The lowest BCUT2D eigenvalue weighted by Crippen LogP contribution is -2.26. The molecule has 1 fully saturated rings. The van der Waals surface area contributed by atoms with Gasteiger partial charge in [-0.1, -0.05) is 12.1 Å². The maximum atomic E-state index is 11.7. The molecule has 1 amide bonds. The van der Waals surface area contributed by atoms with E-state index < -0.39 is 0 Å². The number of amides is 1. The first-order valence-electron chi connectivity index (χ1n) is 6.84. The summed E-state index contributed by atoms with van der Waals surface area (Å²) in [5, 5.41) is 7.24. The van der Waals surface area contributed by atoms with Crippen molar-refractivity contribution in [1.82, 2.24) is 15.6 Å². The molecule has 1 aromatic heterocycles. The van der Waals surface area contributed by atoms with Crippen molar-refractivity contribution < 1.29 is 4.79 Å². The lowest BCUT2D eigenvalue weighted by atomic mass is 9.88. The number of hydrogen-bond donors (Lipinski definition) is 3. The van der Waals surface area contributed by atoms with Crippen molar-refractivity contribution in [3.05, 3.63) is 35.5 Å². The number of carbonyl (C=O) groups excluding carboxylic acids is 1. The number of aromatic amines is 1. The monoisotopic (exact) mass is 257 g/mol. The van der Waals surface area contributed by atoms with E-state index >= 15 is 0 Å². The van der Waals surface area contributed by atoms with Gasteiger partial charge in [-0.2, -0.15) is 0 Å². The van der Waals surface area contributed by atoms with Gasteiger partial charge in [0.1, 0.15) is 5.69 Å². The third kappa shape index (κ3) is 2.24. The number of H-pyrrole nitrogens is 1. The average Bonchev–Trinajstić information content (AvgIpc) is 2.91. The zero-order valence-electron chi connectivity index (χ0n) is 11.1. The first-order valence-corrected chi connectivity index (χ1v) is 6.84. The molecule has 3 N–H and O–H groups in total. The zero-order chi connectivity index (χ0) is 13.2. The van der Waals surface area contributed by atoms with Gasteiger partial charge in [0.15, 0.2) is 0 Å². The summed E-state index contributed by atoms with van der Waals surface area (Å²) in [6.45, 7) is 2.15. The number of piperidine rings is 1. The van der Waals surface area contributed by atoms with Crippen LogP contribution in [-0.4, -0.2) is 31.0 Å². The molecule has 1 aliphatic rings. The van der Waals surface area contributed by atoms with E-state index in [0.29, 0.717) is 11.6 Å². The van der Waals surface area contributed by atoms with Gasteiger partial charge in [-0.3, -0.25) is 4.79 Å². The highest BCUT2D eigenvalue weighted by molar-refractivity contribution is 5.98. The van der Waals surface area contributed by atoms with Gasteiger partial charge in [-0.25, -0.2) is 0 Å². The van der Waals surface area contributed by atoms with Crippen molar-refractivity contribution in [2.75, 3.05) is 20.1 Å². The van der Waals surface area contributed by atoms with Gasteiger partial charge in [-0.15, -0.1) is 0 Å². The molecule has 1 saturated heterocycles. The highest BCUT2D eigenvalue weighted by Gasteiger charge is 2.19. The molecule has 0 spiro atoms. The second-order valence-corrected chi connectivity index (χ2v) is 5.09. The van der Waals surface area contributed by atoms with Gasteiger partial charge in [0.2, 0.25) is 0 Å². The van der Waals surface area contributed by atoms with Crippen LogP contribution in [0, 0.1) is 0 Å². The molecule has 0 radical (unpaired) electrons. The van der Waals surface area contributed by atoms with E-state index in [1.54, 1.807) is 7.05 Å². The summed E-state index contributed by atoms with van der Waals surface area (Å²) in [5.41, 5.74) is 3.05. The van der Waals surface area contributed by atoms with Gasteiger partial charge in [0.25, 0.3) is 5.91 Å². The Morgan fingerprint density at radius 2 is 2.11 bits per heavy atom. The predicted octanol–water partition coefficient (Wildman–Crippen LogP) is 1.99. The minimum absolute atomic E-state index is 0.0625. The summed E-state index contributed by atoms with van der Waals surface area (Å²) in [6.07, 6.45) is 2.33. The molecule has 0 saturated carbocycles. The lowest BCUT2D eigenvalue weighted by Gasteiger charge is -2.23. The highest BCUT2D eigenvalue weighted by Crippen LogP contribution is 2.31. The Kier molecular flexibility index (Phi) is 3.25. The van der Waals surface area contributed by atoms with Crippen LogP contribution in [0.15, 0.2) is 24.3 Å². The van der Waals surface area contributed by atoms with E-state index in [4.69, 9.17) is 0 Å². The van der Waals surface area contributed by atoms with Crippen LogP contribution in [0.1, 0.15) is 34.8 Å². The Hall–Kier alpha value is -1.81. The number of nitrogens with one attached hydrogen (secondary N) is 3. The molecule has 3 rings (SSSR count). The fourth-order valence-corrected chi connectivity index (χ4v) is 2.92. The molecule has 2 heterocycles. The Morgan fingerprint density at radius 1 is 1.32 bits per heavy atom. The molecule has 4 nitrogen and oxygen atoms in total. The topological polar surface area (TPSA) is 56.9 Å². The van der Waals surface area contributed by atoms with Gasteiger partial charge in [-0.05, 0) is 49.5 Å². The van der Waals surface area contributed by atoms with Crippen LogP contribution in [0.2, 0.25) is 0 Å². The van der Waals surface area contributed by atoms with Crippen molar-refractivity contribution in [3.63, 3.8) is 0 Å². The molecule has 19 heavy (non-hydrogen) atoms. The standard InChI is InChI=1S/C15H19N3O/c1-16-15(19)14-9-12-11(3-2-4-13(12)18-14)10-5-7-17-8-6-10/h2-4,9-10,17-18H,5-8H2,1H3,(H,16,19). The van der Waals surface area contributed by atoms with Crippen LogP contribution in [0.3, 0.4) is 0 Å². The first-order chi connectivity index (χ1) is 9.29. The number of benzene rings is 1. The number of aromatic nitrogens is 1. The van der Waals surface area contributed by atoms with Gasteiger partial charge in [0.05, 0.1) is 0 Å². The fraction of sp³-hybridized carbons (Fsp3) is 0.400. The maximum absolute atomic E-state index is 11.7. The first kappa shape index (κ1) is 12.2. The summed E-state index contributed by atoms with van der Waals surface area (Å²) in [4.78, 5) is 14.9. The Morgan fingerprint density at radius 3 is 2.84 bits per heavy atom. The fourth-order valence-electron chi connectivity index (χ4n) is 2.92. The Balaban J connectivity index is 2.04. The van der Waals surface area contributed by atoms with Crippen LogP contribution < -0.4 is 10.6 Å². The molecule has 100 valence electrons. The number of fused-ring (bicyclic) bond motifs is 1. The van der Waals surface area contributed by atoms with Crippen LogP contribution in [-0.2, 0) is 0 Å². The Bertz CT molecular complexity index is 596. The second kappa shape index (κ2) is 5.05. The average molecular weight is 257 g/mol. The van der Waals surface area contributed by atoms with E-state index in [0.717, 1.165) is 18.6 Å². The van der Waals surface area contributed by atoms with Crippen molar-refractivity contribution in [3.8, 4) is 0 Å². The number of rotatable bonds is 2. The molecule has 1 aromatic carbocycles. The van der Waals surface area contributed by atoms with E-state index in [-0.39, 0.29) is 5.91 Å². The largest absolute Gasteiger partial charge is 0.354 e. The van der Waals surface area contributed by atoms with E-state index in [1.165, 1.54) is 23.8 Å². The minimum atomic E-state index is -0.0625. The van der Waals surface area contributed by atoms with Crippen LogP contribution >= 0.6 is 0 Å². The van der Waals surface area contributed by atoms with Crippen molar-refractivity contribution in [2.45, 2.75) is 18.8 Å². The molecule has 2 aromatic rings. The normalized spacial score (nSPS) is 16.7. The summed E-state index contributed by atoms with van der Waals surface area (Å²) < 4.78 is 0. The molecule has 0 bridgehead atoms. The summed E-state index contributed by atoms with van der Waals surface area (Å²) in [6, 6.07) is 8.28. The molecular weight excluding hydrogens is 238 g/mol. The summed E-state index contributed by atoms with van der Waals surface area (Å²) in [5.74, 6) is 0.533. The smallest absolute Gasteiger partial charge is 0.267 e. The second-order valence-electron chi connectivity index (χ2n) is 5.09. The maximum Gasteiger partial charge on any atom is 0.267 e. The van der Waals surface area contributed by atoms with E-state index in [2.05, 4.69) is 27.8 Å². The van der Waals surface area contributed by atoms with Crippen molar-refractivity contribution in [1.29, 1.82) is 0 Å². The number of hydrogen-bond acceptors (Lipinski definition) is 2. The third-order valence-electron chi connectivity index (χ3n) is 3.95. The molecule has 0 atom stereocenters. The van der Waals surface area contributed by atoms with Crippen LogP contribution in [0.5, 0.6) is 0 Å². The van der Waals surface area contributed by atoms with Crippen LogP contribution in [0.4, 0.5) is 0 Å². The molecule has 1 aliphatic heterocycles. The molecule has 4 heteroatoms. The summed E-state index contributed by atoms with van der Waals surface area (Å²) >= 11 is 0. The van der Waals surface area contributed by atoms with Gasteiger partial charge >= 0.3 is 0 Å². The number of carbonyl (C=O) groups is 1. The third-order valence-corrected chi connectivity index (χ3v) is 3.95. The Labute approximate surface area is 112 Å².